The van der Waals surface area contributed by atoms with Crippen LogP contribution in [0.3, 0.4) is 0 Å². The number of rotatable bonds is 8. The van der Waals surface area contributed by atoms with E-state index in [-0.39, 0.29) is 17.1 Å². The Labute approximate surface area is 196 Å². The zero-order chi connectivity index (χ0) is 23.7. The molecule has 2 aromatic carbocycles. The van der Waals surface area contributed by atoms with E-state index in [0.29, 0.717) is 29.0 Å². The van der Waals surface area contributed by atoms with Crippen molar-refractivity contribution in [3.05, 3.63) is 80.7 Å². The second-order valence-corrected chi connectivity index (χ2v) is 9.11. The molecular formula is C28H34N2O3. The molecule has 0 spiro atoms. The topological polar surface area (TPSA) is 53.8 Å². The summed E-state index contributed by atoms with van der Waals surface area (Å²) in [4.78, 5) is 31.4. The molecule has 5 nitrogen and oxygen atoms in total. The summed E-state index contributed by atoms with van der Waals surface area (Å²) < 4.78 is 6.10. The van der Waals surface area contributed by atoms with Crippen LogP contribution >= 0.6 is 0 Å². The molecule has 0 radical (unpaired) electrons. The fraction of sp³-hybridized carbons (Fsp3) is 0.429. The third-order valence-electron chi connectivity index (χ3n) is 6.91. The number of benzene rings is 2. The van der Waals surface area contributed by atoms with Crippen molar-refractivity contribution in [3.8, 4) is 0 Å². The van der Waals surface area contributed by atoms with Crippen LogP contribution in [0.15, 0.2) is 51.7 Å². The molecule has 5 heteroatoms. The van der Waals surface area contributed by atoms with Gasteiger partial charge in [-0.25, -0.2) is 0 Å². The lowest BCUT2D eigenvalue weighted by atomic mass is 9.95. The van der Waals surface area contributed by atoms with Crippen molar-refractivity contribution in [1.82, 2.24) is 9.80 Å². The summed E-state index contributed by atoms with van der Waals surface area (Å²) >= 11 is 0. The molecule has 0 saturated carbocycles. The molecule has 33 heavy (non-hydrogen) atoms. The Balaban J connectivity index is 1.86. The summed E-state index contributed by atoms with van der Waals surface area (Å²) in [5.41, 5.74) is 4.11. The van der Waals surface area contributed by atoms with Crippen molar-refractivity contribution in [3.63, 3.8) is 0 Å². The maximum absolute atomic E-state index is 13.7. The Bertz CT molecular complexity index is 1210. The summed E-state index contributed by atoms with van der Waals surface area (Å²) in [7, 11) is 0. The van der Waals surface area contributed by atoms with Crippen LogP contribution in [0.4, 0.5) is 0 Å². The van der Waals surface area contributed by atoms with Gasteiger partial charge in [0.25, 0.3) is 5.91 Å². The third-order valence-corrected chi connectivity index (χ3v) is 6.91. The van der Waals surface area contributed by atoms with Gasteiger partial charge in [-0.15, -0.1) is 0 Å². The summed E-state index contributed by atoms with van der Waals surface area (Å²) in [6.45, 7) is 13.7. The molecule has 1 aliphatic heterocycles. The van der Waals surface area contributed by atoms with Gasteiger partial charge in [-0.2, -0.15) is 0 Å². The van der Waals surface area contributed by atoms with E-state index < -0.39 is 6.04 Å². The average Bonchev–Trinajstić information content (AvgIpc) is 3.11. The fourth-order valence-corrected chi connectivity index (χ4v) is 4.72. The van der Waals surface area contributed by atoms with Gasteiger partial charge in [0.2, 0.25) is 5.76 Å². The van der Waals surface area contributed by atoms with Crippen LogP contribution in [0.25, 0.3) is 11.0 Å². The minimum absolute atomic E-state index is 0.0989. The Hall–Kier alpha value is -2.92. The smallest absolute Gasteiger partial charge is 0.290 e. The van der Waals surface area contributed by atoms with Crippen LogP contribution in [-0.4, -0.2) is 41.9 Å². The largest absolute Gasteiger partial charge is 0.450 e. The zero-order valence-corrected chi connectivity index (χ0v) is 20.4. The monoisotopic (exact) mass is 446 g/mol. The molecule has 1 unspecified atom stereocenters. The van der Waals surface area contributed by atoms with Crippen LogP contribution in [0.2, 0.25) is 0 Å². The Kier molecular flexibility index (Phi) is 6.71. The molecule has 0 N–H and O–H groups in total. The summed E-state index contributed by atoms with van der Waals surface area (Å²) in [6.07, 6.45) is 0.835. The highest BCUT2D eigenvalue weighted by Gasteiger charge is 2.42. The first-order valence-corrected chi connectivity index (χ1v) is 12.1. The second kappa shape index (κ2) is 9.52. The van der Waals surface area contributed by atoms with E-state index in [4.69, 9.17) is 4.42 Å². The van der Waals surface area contributed by atoms with E-state index in [2.05, 4.69) is 63.8 Å². The number of nitrogens with zero attached hydrogens (tertiary/aromatic N) is 2. The first-order valence-electron chi connectivity index (χ1n) is 12.1. The number of amides is 1. The summed E-state index contributed by atoms with van der Waals surface area (Å²) in [6, 6.07) is 13.5. The molecule has 1 aromatic heterocycles. The molecule has 4 rings (SSSR count). The minimum atomic E-state index is -0.435. The van der Waals surface area contributed by atoms with E-state index in [1.54, 1.807) is 0 Å². The third kappa shape index (κ3) is 4.22. The van der Waals surface area contributed by atoms with Crippen molar-refractivity contribution in [2.24, 2.45) is 0 Å². The van der Waals surface area contributed by atoms with Gasteiger partial charge in [-0.1, -0.05) is 65.0 Å². The van der Waals surface area contributed by atoms with Crippen molar-refractivity contribution >= 4 is 16.9 Å². The highest BCUT2D eigenvalue weighted by Crippen LogP contribution is 2.38. The molecule has 2 heterocycles. The normalized spacial score (nSPS) is 15.8. The molecule has 174 valence electrons. The van der Waals surface area contributed by atoms with Gasteiger partial charge in [-0.3, -0.25) is 9.59 Å². The predicted octanol–water partition coefficient (Wildman–Crippen LogP) is 5.37. The van der Waals surface area contributed by atoms with Crippen LogP contribution in [0.5, 0.6) is 0 Å². The van der Waals surface area contributed by atoms with E-state index >= 15 is 0 Å². The van der Waals surface area contributed by atoms with E-state index in [0.717, 1.165) is 37.2 Å². The van der Waals surface area contributed by atoms with Crippen molar-refractivity contribution in [2.45, 2.75) is 53.0 Å². The lowest BCUT2D eigenvalue weighted by Crippen LogP contribution is -2.37. The van der Waals surface area contributed by atoms with Crippen molar-refractivity contribution in [1.29, 1.82) is 0 Å². The number of aryl methyl sites for hydroxylation is 1. The zero-order valence-electron chi connectivity index (χ0n) is 20.4. The molecule has 0 bridgehead atoms. The van der Waals surface area contributed by atoms with Crippen LogP contribution in [0.1, 0.15) is 79.4 Å². The van der Waals surface area contributed by atoms with E-state index in [1.807, 2.05) is 23.1 Å². The van der Waals surface area contributed by atoms with Gasteiger partial charge in [0.05, 0.1) is 17.0 Å². The number of carbonyl (C=O) groups is 1. The second-order valence-electron chi connectivity index (χ2n) is 9.11. The summed E-state index contributed by atoms with van der Waals surface area (Å²) in [5.74, 6) is 0.402. The van der Waals surface area contributed by atoms with Crippen molar-refractivity contribution in [2.75, 3.05) is 26.2 Å². The van der Waals surface area contributed by atoms with E-state index in [1.165, 1.54) is 5.56 Å². The van der Waals surface area contributed by atoms with Gasteiger partial charge in [0.15, 0.2) is 5.43 Å². The lowest BCUT2D eigenvalue weighted by Gasteiger charge is -2.28. The highest BCUT2D eigenvalue weighted by molar-refractivity contribution is 5.99. The standard InChI is InChI=1S/C28H34N2O3/c1-6-19-9-14-23-22(17-19)26(31)24-25(21-12-10-20(11-13-21)18(4)5)30(28(32)27(24)33-23)16-15-29(7-2)8-3/h9-14,17-18,25H,6-8,15-16H2,1-5H3. The number of carbonyl (C=O) groups excluding carboxylic acids is 1. The number of likely N-dealkylation sites (N-methyl/N-ethyl adjacent to an activating group) is 1. The molecular weight excluding hydrogens is 412 g/mol. The quantitative estimate of drug-likeness (QED) is 0.467. The Morgan fingerprint density at radius 1 is 1.00 bits per heavy atom. The maximum Gasteiger partial charge on any atom is 0.290 e. The number of fused-ring (bicyclic) bond motifs is 2. The van der Waals surface area contributed by atoms with Crippen LogP contribution in [-0.2, 0) is 6.42 Å². The van der Waals surface area contributed by atoms with Crippen LogP contribution < -0.4 is 5.43 Å². The van der Waals surface area contributed by atoms with Gasteiger partial charge < -0.3 is 14.2 Å². The molecule has 0 saturated heterocycles. The first kappa shape index (κ1) is 23.2. The van der Waals surface area contributed by atoms with Gasteiger partial charge in [0, 0.05) is 13.1 Å². The number of hydrogen-bond acceptors (Lipinski definition) is 4. The Morgan fingerprint density at radius 2 is 1.70 bits per heavy atom. The first-order chi connectivity index (χ1) is 15.9. The molecule has 1 atom stereocenters. The fourth-order valence-electron chi connectivity index (χ4n) is 4.72. The minimum Gasteiger partial charge on any atom is -0.450 e. The Morgan fingerprint density at radius 3 is 2.30 bits per heavy atom. The predicted molar refractivity (Wildman–Crippen MR) is 133 cm³/mol. The molecule has 0 aliphatic carbocycles. The average molecular weight is 447 g/mol. The van der Waals surface area contributed by atoms with E-state index in [9.17, 15) is 9.59 Å². The van der Waals surface area contributed by atoms with Crippen LogP contribution in [0, 0.1) is 0 Å². The molecule has 1 amide bonds. The number of hydrogen-bond donors (Lipinski definition) is 0. The maximum atomic E-state index is 13.7. The van der Waals surface area contributed by atoms with Gasteiger partial charge in [-0.05, 0) is 54.3 Å². The van der Waals surface area contributed by atoms with Gasteiger partial charge >= 0.3 is 0 Å². The highest BCUT2D eigenvalue weighted by atomic mass is 16.3. The molecule has 3 aromatic rings. The SMILES string of the molecule is CCc1ccc2oc3c(c(=O)c2c1)C(c1ccc(C(C)C)cc1)N(CCN(CC)CC)C3=O. The molecule has 1 aliphatic rings. The summed E-state index contributed by atoms with van der Waals surface area (Å²) in [5, 5.41) is 0.551. The van der Waals surface area contributed by atoms with Gasteiger partial charge in [0.1, 0.15) is 5.58 Å². The van der Waals surface area contributed by atoms with Crippen molar-refractivity contribution < 1.29 is 9.21 Å². The molecule has 0 fully saturated rings. The lowest BCUT2D eigenvalue weighted by molar-refractivity contribution is 0.0708.